The van der Waals surface area contributed by atoms with Crippen molar-refractivity contribution in [1.82, 2.24) is 19.7 Å². The molecule has 2 bridgehead atoms. The Balaban J connectivity index is 1.46. The Labute approximate surface area is 209 Å². The molecule has 3 aliphatic rings. The van der Waals surface area contributed by atoms with Crippen molar-refractivity contribution in [3.63, 3.8) is 0 Å². The van der Waals surface area contributed by atoms with Gasteiger partial charge in [0, 0.05) is 43.4 Å². The van der Waals surface area contributed by atoms with E-state index in [-0.39, 0.29) is 41.4 Å². The van der Waals surface area contributed by atoms with Crippen LogP contribution in [0, 0.1) is 5.41 Å². The number of nitrogens with zero attached hydrogens (tertiary/aromatic N) is 4. The fourth-order valence-electron chi connectivity index (χ4n) is 7.33. The topological polar surface area (TPSA) is 56.8 Å². The zero-order valence-corrected chi connectivity index (χ0v) is 21.3. The second-order valence-corrected chi connectivity index (χ2v) is 11.1. The summed E-state index contributed by atoms with van der Waals surface area (Å²) in [5, 5.41) is 0. The van der Waals surface area contributed by atoms with E-state index < -0.39 is 0 Å². The van der Waals surface area contributed by atoms with Crippen molar-refractivity contribution in [1.29, 1.82) is 0 Å². The van der Waals surface area contributed by atoms with E-state index in [1.807, 2.05) is 31.4 Å². The highest BCUT2D eigenvalue weighted by Gasteiger charge is 2.63. The van der Waals surface area contributed by atoms with Gasteiger partial charge in [-0.2, -0.15) is 0 Å². The lowest BCUT2D eigenvalue weighted by Gasteiger charge is -2.50. The van der Waals surface area contributed by atoms with Gasteiger partial charge in [0.25, 0.3) is 0 Å². The van der Waals surface area contributed by atoms with Crippen LogP contribution < -0.4 is 0 Å². The molecule has 2 amide bonds. The van der Waals surface area contributed by atoms with Crippen LogP contribution in [0.15, 0.2) is 54.9 Å². The minimum absolute atomic E-state index is 0.0173. The molecule has 1 aromatic heterocycles. The third-order valence-corrected chi connectivity index (χ3v) is 8.73. The van der Waals surface area contributed by atoms with Gasteiger partial charge in [-0.3, -0.25) is 19.5 Å². The van der Waals surface area contributed by atoms with Crippen molar-refractivity contribution in [3.05, 3.63) is 66.0 Å². The summed E-state index contributed by atoms with van der Waals surface area (Å²) in [6.07, 6.45) is 9.72. The van der Waals surface area contributed by atoms with Gasteiger partial charge >= 0.3 is 0 Å². The number of likely N-dealkylation sites (tertiary alicyclic amines) is 2. The lowest BCUT2D eigenvalue weighted by Crippen LogP contribution is -2.61. The normalized spacial score (nSPS) is 29.8. The quantitative estimate of drug-likeness (QED) is 0.637. The summed E-state index contributed by atoms with van der Waals surface area (Å²) in [4.78, 5) is 37.8. The summed E-state index contributed by atoms with van der Waals surface area (Å²) in [7, 11) is 2.01. The Kier molecular flexibility index (Phi) is 6.67. The first-order valence-corrected chi connectivity index (χ1v) is 13.1. The third-order valence-electron chi connectivity index (χ3n) is 8.73. The molecule has 2 aromatic rings. The fourth-order valence-corrected chi connectivity index (χ4v) is 7.33. The zero-order valence-electron chi connectivity index (χ0n) is 21.3. The van der Waals surface area contributed by atoms with E-state index in [0.29, 0.717) is 13.1 Å². The average molecular weight is 475 g/mol. The van der Waals surface area contributed by atoms with Gasteiger partial charge in [-0.15, -0.1) is 0 Å². The summed E-state index contributed by atoms with van der Waals surface area (Å²) in [5.74, 6) is 0.342. The van der Waals surface area contributed by atoms with Crippen molar-refractivity contribution in [2.24, 2.45) is 5.41 Å². The molecule has 3 heterocycles. The summed E-state index contributed by atoms with van der Waals surface area (Å²) in [6.45, 7) is 5.14. The average Bonchev–Trinajstić information content (AvgIpc) is 2.99. The molecule has 0 N–H and O–H groups in total. The lowest BCUT2D eigenvalue weighted by atomic mass is 9.69. The maximum Gasteiger partial charge on any atom is 0.237 e. The first kappa shape index (κ1) is 24.0. The van der Waals surface area contributed by atoms with Gasteiger partial charge in [0.2, 0.25) is 11.8 Å². The first-order valence-electron chi connectivity index (χ1n) is 13.1. The number of aromatic nitrogens is 1. The SMILES string of the molecule is CC(=O)N1[C@@H](Cc2ccccc2)[C@@H]2C[C@@]3(C)[C@H](CCCC[C@@H]13)N2C(=O)CN(C)Cc1cccnc1. The number of carbonyl (C=O) groups excluding carboxylic acids is 2. The molecule has 0 unspecified atom stereocenters. The fraction of sp³-hybridized carbons (Fsp3) is 0.552. The maximum atomic E-state index is 14.0. The van der Waals surface area contributed by atoms with Crippen LogP contribution in [0.1, 0.15) is 57.1 Å². The summed E-state index contributed by atoms with van der Waals surface area (Å²) < 4.78 is 0. The smallest absolute Gasteiger partial charge is 0.237 e. The Morgan fingerprint density at radius 2 is 1.71 bits per heavy atom. The zero-order chi connectivity index (χ0) is 24.6. The number of hydrogen-bond donors (Lipinski definition) is 0. The minimum atomic E-state index is -0.0440. The number of piperidine rings is 1. The first-order chi connectivity index (χ1) is 16.9. The number of fused-ring (bicyclic) bond motifs is 1. The van der Waals surface area contributed by atoms with Crippen LogP contribution in [0.25, 0.3) is 0 Å². The predicted octanol–water partition coefficient (Wildman–Crippen LogP) is 3.91. The highest BCUT2D eigenvalue weighted by Crippen LogP contribution is 2.55. The van der Waals surface area contributed by atoms with Crippen molar-refractivity contribution in [3.8, 4) is 0 Å². The second-order valence-electron chi connectivity index (χ2n) is 11.1. The number of likely N-dealkylation sites (N-methyl/N-ethyl adjacent to an activating group) is 1. The highest BCUT2D eigenvalue weighted by atomic mass is 16.2. The molecule has 2 saturated heterocycles. The Morgan fingerprint density at radius 3 is 2.37 bits per heavy atom. The van der Waals surface area contributed by atoms with E-state index in [1.54, 1.807) is 13.1 Å². The van der Waals surface area contributed by atoms with Gasteiger partial charge in [-0.1, -0.05) is 56.2 Å². The largest absolute Gasteiger partial charge is 0.334 e. The number of carbonyl (C=O) groups is 2. The van der Waals surface area contributed by atoms with E-state index in [4.69, 9.17) is 0 Å². The Hall–Kier alpha value is -2.73. The van der Waals surface area contributed by atoms with Crippen LogP contribution in [-0.2, 0) is 22.6 Å². The number of rotatable bonds is 6. The maximum absolute atomic E-state index is 14.0. The van der Waals surface area contributed by atoms with E-state index in [0.717, 1.165) is 44.1 Å². The Bertz CT molecular complexity index is 1050. The van der Waals surface area contributed by atoms with Crippen molar-refractivity contribution in [2.75, 3.05) is 13.6 Å². The number of amides is 2. The van der Waals surface area contributed by atoms with Gasteiger partial charge in [0.15, 0.2) is 0 Å². The molecule has 5 atom stereocenters. The van der Waals surface area contributed by atoms with Gasteiger partial charge in [-0.05, 0) is 49.9 Å². The van der Waals surface area contributed by atoms with Crippen LogP contribution >= 0.6 is 0 Å². The molecule has 1 aromatic carbocycles. The summed E-state index contributed by atoms with van der Waals surface area (Å²) >= 11 is 0. The minimum Gasteiger partial charge on any atom is -0.334 e. The van der Waals surface area contributed by atoms with Gasteiger partial charge < -0.3 is 9.80 Å². The molecule has 186 valence electrons. The van der Waals surface area contributed by atoms with Gasteiger partial charge in [-0.25, -0.2) is 0 Å². The number of benzene rings is 1. The molecule has 6 nitrogen and oxygen atoms in total. The van der Waals surface area contributed by atoms with Crippen LogP contribution in [-0.4, -0.2) is 69.3 Å². The number of hydrogen-bond acceptors (Lipinski definition) is 4. The predicted molar refractivity (Wildman–Crippen MR) is 136 cm³/mol. The molecule has 6 heteroatoms. The van der Waals surface area contributed by atoms with E-state index in [1.165, 1.54) is 5.56 Å². The van der Waals surface area contributed by atoms with Crippen molar-refractivity contribution in [2.45, 2.75) is 83.1 Å². The molecule has 1 aliphatic carbocycles. The van der Waals surface area contributed by atoms with Crippen LogP contribution in [0.3, 0.4) is 0 Å². The molecule has 3 fully saturated rings. The summed E-state index contributed by atoms with van der Waals surface area (Å²) in [5.41, 5.74) is 2.29. The number of pyridine rings is 1. The third kappa shape index (κ3) is 4.49. The molecule has 2 aliphatic heterocycles. The van der Waals surface area contributed by atoms with Crippen molar-refractivity contribution >= 4 is 11.8 Å². The van der Waals surface area contributed by atoms with Crippen LogP contribution in [0.5, 0.6) is 0 Å². The van der Waals surface area contributed by atoms with E-state index in [9.17, 15) is 9.59 Å². The standard InChI is InChI=1S/C29H38N4O2/c1-21(34)32-24(16-22-10-5-4-6-11-22)25-17-29(2)26(32)13-7-8-14-27(29)33(25)28(35)20-31(3)19-23-12-9-15-30-18-23/h4-6,9-12,15,18,24-27H,7-8,13-14,16-17,19-20H2,1-3H3/t24-,25-,26+,27-,29+/m0/s1. The monoisotopic (exact) mass is 474 g/mol. The van der Waals surface area contributed by atoms with Gasteiger partial charge in [0.05, 0.1) is 18.6 Å². The molecule has 1 saturated carbocycles. The van der Waals surface area contributed by atoms with Crippen LogP contribution in [0.2, 0.25) is 0 Å². The Morgan fingerprint density at radius 1 is 1.03 bits per heavy atom. The van der Waals surface area contributed by atoms with Crippen LogP contribution in [0.4, 0.5) is 0 Å². The molecule has 0 radical (unpaired) electrons. The molecule has 35 heavy (non-hydrogen) atoms. The highest BCUT2D eigenvalue weighted by molar-refractivity contribution is 5.81. The van der Waals surface area contributed by atoms with Crippen molar-refractivity contribution < 1.29 is 9.59 Å². The molecule has 0 spiro atoms. The lowest BCUT2D eigenvalue weighted by molar-refractivity contribution is -0.143. The summed E-state index contributed by atoms with van der Waals surface area (Å²) in [6, 6.07) is 14.9. The van der Waals surface area contributed by atoms with E-state index >= 15 is 0 Å². The molecule has 5 rings (SSSR count). The van der Waals surface area contributed by atoms with Gasteiger partial charge in [0.1, 0.15) is 0 Å². The molecular formula is C29H38N4O2. The van der Waals surface area contributed by atoms with E-state index in [2.05, 4.69) is 50.9 Å². The second kappa shape index (κ2) is 9.73. The molecular weight excluding hydrogens is 436 g/mol.